The monoisotopic (exact) mass is 1340 g/mol. The Hall–Kier alpha value is -8.97. The van der Waals surface area contributed by atoms with Crippen LogP contribution in [0.1, 0.15) is 0 Å². The molecule has 0 aliphatic carbocycles. The molecule has 90 heavy (non-hydrogen) atoms. The summed E-state index contributed by atoms with van der Waals surface area (Å²) < 4.78 is 9.00. The van der Waals surface area contributed by atoms with Gasteiger partial charge in [0.1, 0.15) is 30.8 Å². The third-order valence-corrected chi connectivity index (χ3v) is 71.1. The molecule has 0 saturated heterocycles. The molecule has 4 radical (unpaired) electrons. The van der Waals surface area contributed by atoms with Crippen LogP contribution in [0.3, 0.4) is 0 Å². The van der Waals surface area contributed by atoms with Gasteiger partial charge in [-0.2, -0.15) is 0 Å². The van der Waals surface area contributed by atoms with E-state index in [9.17, 15) is 0 Å². The topological polar surface area (TPSA) is 0 Å². The third-order valence-electron chi connectivity index (χ3n) is 16.8. The van der Waals surface area contributed by atoms with Crippen LogP contribution in [0.2, 0.25) is 0 Å². The van der Waals surface area contributed by atoms with E-state index in [2.05, 4.69) is 425 Å². The minimum absolute atomic E-state index is 1.48. The zero-order valence-corrected chi connectivity index (χ0v) is 58.6. The summed E-state index contributed by atoms with van der Waals surface area (Å²) in [5.41, 5.74) is 0. The van der Waals surface area contributed by atoms with Crippen LogP contribution in [0.4, 0.5) is 0 Å². The Bertz CT molecular complexity index is 3680. The van der Waals surface area contributed by atoms with Gasteiger partial charge in [0.15, 0.2) is 0 Å². The molecular weight excluding hydrogens is 1270 g/mol. The molecule has 0 fully saturated rings. The Kier molecular flexibility index (Phi) is 21.1. The Morgan fingerprint density at radius 1 is 0.144 bits per heavy atom. The smallest absolute Gasteiger partial charge is 0.0631 e. The molecule has 0 unspecified atom stereocenters. The normalized spacial score (nSPS) is 11.3. The molecule has 0 aliphatic heterocycles. The number of rotatable bonds is 17. The van der Waals surface area contributed by atoms with Gasteiger partial charge in [-0.05, 0) is 0 Å². The molecule has 0 saturated carbocycles. The predicted molar refractivity (Wildman–Crippen MR) is 400 cm³/mol. The maximum Gasteiger partial charge on any atom is 0.121 e. The molecule has 0 aliphatic rings. The van der Waals surface area contributed by atoms with Crippen molar-refractivity contribution < 1.29 is 0 Å². The van der Waals surface area contributed by atoms with Crippen LogP contribution in [0.5, 0.6) is 0 Å². The largest absolute Gasteiger partial charge is 0.121 e. The molecule has 0 N–H and O–H groups in total. The van der Waals surface area contributed by atoms with Crippen molar-refractivity contribution in [1.82, 2.24) is 0 Å². The average molecular weight is 1340 g/mol. The summed E-state index contributed by atoms with van der Waals surface area (Å²) in [4.78, 5) is 0. The van der Waals surface area contributed by atoms with E-state index in [0.717, 1.165) is 0 Å². The van der Waals surface area contributed by atoms with Crippen molar-refractivity contribution in [2.45, 2.75) is 0 Å². The van der Waals surface area contributed by atoms with Crippen LogP contribution in [-0.4, -0.2) is 59.5 Å². The summed E-state index contributed by atoms with van der Waals surface area (Å²) in [5.74, 6) is 0. The standard InChI is InChI=1S/C48H40Si4.2C18H15Ge/c1-9-25-41(26-10-1)49(42-27-11-2-12-28-42)51(45-33-17-5-18-34-45,46-35-19-6-20-36-46)52(47-37-21-7-22-38-47,48-39-23-8-24-40-48)50(43-29-13-3-14-30-43)44-31-15-4-16-32-44;2*1-4-10-16(11-5-1)19(17-12-6-2-7-13-17)18-14-8-3-9-15-18/h1-40H;2*1-15H. The minimum atomic E-state index is -3.06. The van der Waals surface area contributed by atoms with Gasteiger partial charge in [0.25, 0.3) is 0 Å². The van der Waals surface area contributed by atoms with Crippen LogP contribution >= 0.6 is 0 Å². The van der Waals surface area contributed by atoms with Crippen molar-refractivity contribution in [2.24, 2.45) is 0 Å². The number of hydrogen-bond donors (Lipinski definition) is 0. The fraction of sp³-hybridized carbons (Fsp3) is 0. The molecule has 0 amide bonds. The van der Waals surface area contributed by atoms with E-state index in [1.54, 1.807) is 0 Å². The molecule has 0 heterocycles. The molecule has 0 spiro atoms. The minimum Gasteiger partial charge on any atom is -0.0631 e. The summed E-state index contributed by atoms with van der Waals surface area (Å²) in [6.45, 7) is 0. The second-order valence-electron chi connectivity index (χ2n) is 22.1. The van der Waals surface area contributed by atoms with Crippen molar-refractivity contribution in [3.63, 3.8) is 0 Å². The Morgan fingerprint density at radius 2 is 0.267 bits per heavy atom. The zero-order chi connectivity index (χ0) is 60.9. The molecule has 0 aromatic heterocycles. The van der Waals surface area contributed by atoms with Crippen molar-refractivity contribution in [2.75, 3.05) is 0 Å². The predicted octanol–water partition coefficient (Wildman–Crippen LogP) is 9.77. The van der Waals surface area contributed by atoms with E-state index in [0.29, 0.717) is 0 Å². The molecule has 14 aromatic carbocycles. The molecular formula is C84H70Ge2Si4. The summed E-state index contributed by atoms with van der Waals surface area (Å²) in [6.07, 6.45) is 0. The Labute approximate surface area is 547 Å². The molecule has 430 valence electrons. The van der Waals surface area contributed by atoms with E-state index in [4.69, 9.17) is 0 Å². The van der Waals surface area contributed by atoms with Gasteiger partial charge >= 0.3 is 237 Å². The van der Waals surface area contributed by atoms with E-state index in [1.807, 2.05) is 0 Å². The second kappa shape index (κ2) is 31.0. The summed E-state index contributed by atoms with van der Waals surface area (Å²) in [6, 6.07) is 159. The molecule has 0 atom stereocenters. The van der Waals surface area contributed by atoms with Gasteiger partial charge in [-0.15, -0.1) is 0 Å². The van der Waals surface area contributed by atoms with Gasteiger partial charge < -0.3 is 0 Å². The van der Waals surface area contributed by atoms with E-state index >= 15 is 0 Å². The first-order valence-electron chi connectivity index (χ1n) is 31.0. The van der Waals surface area contributed by atoms with Crippen LogP contribution < -0.4 is 67.9 Å². The van der Waals surface area contributed by atoms with Crippen LogP contribution in [0.25, 0.3) is 0 Å². The van der Waals surface area contributed by atoms with Gasteiger partial charge in [-0.25, -0.2) is 0 Å². The third kappa shape index (κ3) is 13.6. The van der Waals surface area contributed by atoms with Crippen LogP contribution in [-0.2, 0) is 0 Å². The zero-order valence-electron chi connectivity index (χ0n) is 50.4. The van der Waals surface area contributed by atoms with Crippen molar-refractivity contribution in [3.05, 3.63) is 425 Å². The summed E-state index contributed by atoms with van der Waals surface area (Å²) >= 11 is -3.26. The molecule has 14 aromatic rings. The van der Waals surface area contributed by atoms with Gasteiger partial charge in [-0.3, -0.25) is 0 Å². The van der Waals surface area contributed by atoms with Crippen molar-refractivity contribution >= 4 is 127 Å². The maximum atomic E-state index is 2.51. The first-order chi connectivity index (χ1) is 44.7. The Balaban J connectivity index is 0.000000167. The fourth-order valence-corrected chi connectivity index (χ4v) is 81.5. The summed E-state index contributed by atoms with van der Waals surface area (Å²) in [5, 5.41) is 12.0. The maximum absolute atomic E-state index is 3.06. The number of benzene rings is 14. The van der Waals surface area contributed by atoms with E-state index in [1.165, 1.54) is 67.9 Å². The number of hydrogen-bond acceptors (Lipinski definition) is 0. The molecule has 6 heteroatoms. The van der Waals surface area contributed by atoms with Crippen molar-refractivity contribution in [1.29, 1.82) is 0 Å². The summed E-state index contributed by atoms with van der Waals surface area (Å²) in [7, 11) is -9.30. The quantitative estimate of drug-likeness (QED) is 0.0798. The molecule has 0 nitrogen and oxygen atoms in total. The van der Waals surface area contributed by atoms with E-state index < -0.39 is 59.5 Å². The van der Waals surface area contributed by atoms with Gasteiger partial charge in [0.2, 0.25) is 0 Å². The van der Waals surface area contributed by atoms with E-state index in [-0.39, 0.29) is 0 Å². The first-order valence-corrected chi connectivity index (χ1v) is 47.3. The van der Waals surface area contributed by atoms with Gasteiger partial charge in [-0.1, -0.05) is 284 Å². The molecule has 14 rings (SSSR count). The van der Waals surface area contributed by atoms with Crippen molar-refractivity contribution in [3.8, 4) is 0 Å². The SMILES string of the molecule is c1cc[c]([Ge]([c]2ccccc2)[c]2ccccc2)cc1.c1cc[c]([Ge]([c]2ccccc2)[c]2ccccc2)cc1.c1ccc([Si](c2ccccc2)[Si](c2ccccc2)(c2ccccc2)[Si](c2ccccc2)(c2ccccc2)[Si](c2ccccc2)c2ccccc2)cc1. The van der Waals surface area contributed by atoms with Crippen LogP contribution in [0, 0.1) is 0 Å². The van der Waals surface area contributed by atoms with Gasteiger partial charge in [0, 0.05) is 0 Å². The second-order valence-corrected chi connectivity index (χ2v) is 56.7. The first kappa shape index (κ1) is 61.3. The molecule has 0 bridgehead atoms. The van der Waals surface area contributed by atoms with Gasteiger partial charge in [0.05, 0.1) is 0 Å². The Morgan fingerprint density at radius 3 is 0.411 bits per heavy atom. The fourth-order valence-electron chi connectivity index (χ4n) is 13.2. The van der Waals surface area contributed by atoms with Crippen LogP contribution in [0.15, 0.2) is 425 Å². The average Bonchev–Trinajstić information content (AvgIpc) is 0.677.